The molecule has 3 aromatic rings. The van der Waals surface area contributed by atoms with Crippen molar-refractivity contribution < 1.29 is 4.79 Å². The van der Waals surface area contributed by atoms with Crippen molar-refractivity contribution in [3.63, 3.8) is 0 Å². The van der Waals surface area contributed by atoms with Gasteiger partial charge < -0.3 is 15.5 Å². The van der Waals surface area contributed by atoms with Gasteiger partial charge >= 0.3 is 0 Å². The molecule has 25 heavy (non-hydrogen) atoms. The van der Waals surface area contributed by atoms with Crippen LogP contribution in [-0.4, -0.2) is 48.0 Å². The Morgan fingerprint density at radius 3 is 2.84 bits per heavy atom. The molecule has 0 saturated heterocycles. The van der Waals surface area contributed by atoms with Crippen molar-refractivity contribution in [3.05, 3.63) is 60.6 Å². The van der Waals surface area contributed by atoms with Crippen molar-refractivity contribution in [3.8, 4) is 0 Å². The molecule has 0 spiro atoms. The van der Waals surface area contributed by atoms with Gasteiger partial charge in [-0.05, 0) is 32.3 Å². The maximum atomic E-state index is 12.2. The lowest BCUT2D eigenvalue weighted by molar-refractivity contribution is 0.0950. The molecule has 0 saturated carbocycles. The SMILES string of the molecule is CN(C)CCNC(=O)c1cncc(Nc2cccc3cccnc23)c1. The predicted octanol–water partition coefficient (Wildman–Crippen LogP) is 2.66. The molecule has 2 heterocycles. The first-order valence-corrected chi connectivity index (χ1v) is 8.12. The van der Waals surface area contributed by atoms with Crippen molar-refractivity contribution in [2.75, 3.05) is 32.5 Å². The molecule has 128 valence electrons. The van der Waals surface area contributed by atoms with Gasteiger partial charge in [0.15, 0.2) is 0 Å². The van der Waals surface area contributed by atoms with E-state index in [1.165, 1.54) is 0 Å². The summed E-state index contributed by atoms with van der Waals surface area (Å²) in [7, 11) is 3.94. The van der Waals surface area contributed by atoms with E-state index in [9.17, 15) is 4.79 Å². The summed E-state index contributed by atoms with van der Waals surface area (Å²) in [6.07, 6.45) is 5.02. The number of carbonyl (C=O) groups excluding carboxylic acids is 1. The highest BCUT2D eigenvalue weighted by atomic mass is 16.1. The van der Waals surface area contributed by atoms with E-state index in [2.05, 4.69) is 20.6 Å². The van der Waals surface area contributed by atoms with Crippen molar-refractivity contribution in [2.24, 2.45) is 0 Å². The minimum atomic E-state index is -0.131. The van der Waals surface area contributed by atoms with E-state index < -0.39 is 0 Å². The second kappa shape index (κ2) is 7.72. The van der Waals surface area contributed by atoms with Gasteiger partial charge in [-0.15, -0.1) is 0 Å². The van der Waals surface area contributed by atoms with Gasteiger partial charge in [0, 0.05) is 30.9 Å². The van der Waals surface area contributed by atoms with E-state index in [-0.39, 0.29) is 5.91 Å². The molecular weight excluding hydrogens is 314 g/mol. The number of hydrogen-bond acceptors (Lipinski definition) is 5. The number of nitrogens with zero attached hydrogens (tertiary/aromatic N) is 3. The van der Waals surface area contributed by atoms with Gasteiger partial charge in [0.1, 0.15) is 0 Å². The van der Waals surface area contributed by atoms with E-state index in [1.54, 1.807) is 24.7 Å². The number of hydrogen-bond donors (Lipinski definition) is 2. The molecule has 0 unspecified atom stereocenters. The van der Waals surface area contributed by atoms with Gasteiger partial charge in [-0.25, -0.2) is 0 Å². The Morgan fingerprint density at radius 2 is 2.00 bits per heavy atom. The molecule has 0 aliphatic heterocycles. The summed E-state index contributed by atoms with van der Waals surface area (Å²) >= 11 is 0. The molecule has 6 nitrogen and oxygen atoms in total. The Kier molecular flexibility index (Phi) is 5.20. The Morgan fingerprint density at radius 1 is 1.16 bits per heavy atom. The van der Waals surface area contributed by atoms with Gasteiger partial charge in [0.05, 0.1) is 28.7 Å². The lowest BCUT2D eigenvalue weighted by Crippen LogP contribution is -2.31. The molecule has 0 fully saturated rings. The summed E-state index contributed by atoms with van der Waals surface area (Å²) in [6.45, 7) is 1.38. The zero-order valence-electron chi connectivity index (χ0n) is 14.4. The van der Waals surface area contributed by atoms with Crippen LogP contribution in [0, 0.1) is 0 Å². The molecule has 2 aromatic heterocycles. The summed E-state index contributed by atoms with van der Waals surface area (Å²) in [5.74, 6) is -0.131. The highest BCUT2D eigenvalue weighted by molar-refractivity contribution is 5.96. The van der Waals surface area contributed by atoms with Crippen LogP contribution in [0.3, 0.4) is 0 Å². The first-order valence-electron chi connectivity index (χ1n) is 8.12. The van der Waals surface area contributed by atoms with Crippen LogP contribution < -0.4 is 10.6 Å². The van der Waals surface area contributed by atoms with E-state index in [0.29, 0.717) is 12.1 Å². The summed E-state index contributed by atoms with van der Waals surface area (Å²) < 4.78 is 0. The lowest BCUT2D eigenvalue weighted by Gasteiger charge is -2.12. The highest BCUT2D eigenvalue weighted by Gasteiger charge is 2.08. The van der Waals surface area contributed by atoms with Crippen LogP contribution in [-0.2, 0) is 0 Å². The zero-order valence-corrected chi connectivity index (χ0v) is 14.4. The monoisotopic (exact) mass is 335 g/mol. The van der Waals surface area contributed by atoms with Crippen LogP contribution in [0.4, 0.5) is 11.4 Å². The summed E-state index contributed by atoms with van der Waals surface area (Å²) in [4.78, 5) is 22.8. The molecule has 0 atom stereocenters. The first kappa shape index (κ1) is 16.9. The molecule has 1 amide bonds. The average Bonchev–Trinajstić information content (AvgIpc) is 2.62. The highest BCUT2D eigenvalue weighted by Crippen LogP contribution is 2.24. The van der Waals surface area contributed by atoms with Crippen molar-refractivity contribution >= 4 is 28.2 Å². The van der Waals surface area contributed by atoms with Crippen LogP contribution in [0.15, 0.2) is 55.0 Å². The fourth-order valence-electron chi connectivity index (χ4n) is 2.49. The van der Waals surface area contributed by atoms with Gasteiger partial charge in [0.25, 0.3) is 5.91 Å². The molecule has 0 bridgehead atoms. The van der Waals surface area contributed by atoms with Gasteiger partial charge in [0.2, 0.25) is 0 Å². The second-order valence-corrected chi connectivity index (χ2v) is 6.03. The predicted molar refractivity (Wildman–Crippen MR) is 100 cm³/mol. The Bertz CT molecular complexity index is 873. The normalized spacial score (nSPS) is 10.8. The van der Waals surface area contributed by atoms with Crippen molar-refractivity contribution in [1.82, 2.24) is 20.2 Å². The Hall–Kier alpha value is -2.99. The molecule has 0 aliphatic rings. The number of fused-ring (bicyclic) bond motifs is 1. The third kappa shape index (κ3) is 4.30. The molecule has 0 radical (unpaired) electrons. The summed E-state index contributed by atoms with van der Waals surface area (Å²) in [6, 6.07) is 11.7. The fourth-order valence-corrected chi connectivity index (χ4v) is 2.49. The van der Waals surface area contributed by atoms with E-state index in [1.807, 2.05) is 49.3 Å². The number of pyridine rings is 2. The largest absolute Gasteiger partial charge is 0.352 e. The van der Waals surface area contributed by atoms with E-state index in [4.69, 9.17) is 0 Å². The second-order valence-electron chi connectivity index (χ2n) is 6.03. The zero-order chi connectivity index (χ0) is 17.6. The Balaban J connectivity index is 1.76. The standard InChI is InChI=1S/C19H21N5O/c1-24(2)10-9-22-19(25)15-11-16(13-20-12-15)23-17-7-3-5-14-6-4-8-21-18(14)17/h3-8,11-13,23H,9-10H2,1-2H3,(H,22,25). The number of benzene rings is 1. The van der Waals surface area contributed by atoms with Crippen LogP contribution in [0.1, 0.15) is 10.4 Å². The molecule has 2 N–H and O–H groups in total. The first-order chi connectivity index (χ1) is 12.1. The minimum Gasteiger partial charge on any atom is -0.352 e. The number of amides is 1. The third-order valence-electron chi connectivity index (χ3n) is 3.76. The van der Waals surface area contributed by atoms with Gasteiger partial charge in [-0.2, -0.15) is 0 Å². The quantitative estimate of drug-likeness (QED) is 0.725. The van der Waals surface area contributed by atoms with Gasteiger partial charge in [-0.1, -0.05) is 18.2 Å². The summed E-state index contributed by atoms with van der Waals surface area (Å²) in [5.41, 5.74) is 3.03. The van der Waals surface area contributed by atoms with Crippen molar-refractivity contribution in [1.29, 1.82) is 0 Å². The number of rotatable bonds is 6. The van der Waals surface area contributed by atoms with Gasteiger partial charge in [-0.3, -0.25) is 14.8 Å². The Labute approximate surface area is 146 Å². The molecule has 1 aromatic carbocycles. The molecule has 0 aliphatic carbocycles. The van der Waals surface area contributed by atoms with Crippen LogP contribution in [0.5, 0.6) is 0 Å². The van der Waals surface area contributed by atoms with E-state index in [0.717, 1.165) is 28.8 Å². The third-order valence-corrected chi connectivity index (χ3v) is 3.76. The van der Waals surface area contributed by atoms with Crippen LogP contribution in [0.25, 0.3) is 10.9 Å². The summed E-state index contributed by atoms with van der Waals surface area (Å²) in [5, 5.41) is 7.25. The number of anilines is 2. The smallest absolute Gasteiger partial charge is 0.252 e. The number of carbonyl (C=O) groups is 1. The number of para-hydroxylation sites is 1. The average molecular weight is 335 g/mol. The molecule has 3 rings (SSSR count). The molecule has 6 heteroatoms. The number of likely N-dealkylation sites (N-methyl/N-ethyl adjacent to an activating group) is 1. The maximum Gasteiger partial charge on any atom is 0.252 e. The maximum absolute atomic E-state index is 12.2. The number of aromatic nitrogens is 2. The van der Waals surface area contributed by atoms with Crippen LogP contribution in [0.2, 0.25) is 0 Å². The van der Waals surface area contributed by atoms with Crippen LogP contribution >= 0.6 is 0 Å². The lowest BCUT2D eigenvalue weighted by atomic mass is 10.2. The van der Waals surface area contributed by atoms with Crippen molar-refractivity contribution in [2.45, 2.75) is 0 Å². The number of nitrogens with one attached hydrogen (secondary N) is 2. The fraction of sp³-hybridized carbons (Fsp3) is 0.211. The minimum absolute atomic E-state index is 0.131. The van der Waals surface area contributed by atoms with E-state index >= 15 is 0 Å². The topological polar surface area (TPSA) is 70.2 Å². The molecular formula is C19H21N5O.